The summed E-state index contributed by atoms with van der Waals surface area (Å²) in [4.78, 5) is 62.3. The molecule has 1 atom stereocenters. The average Bonchev–Trinajstić information content (AvgIpc) is 2.88. The molecule has 2 heterocycles. The van der Waals surface area contributed by atoms with Crippen LogP contribution in [0.2, 0.25) is 0 Å². The number of fused-ring (bicyclic) bond motifs is 1. The Morgan fingerprint density at radius 3 is 2.57 bits per heavy atom. The summed E-state index contributed by atoms with van der Waals surface area (Å²) < 4.78 is 27.9. The van der Waals surface area contributed by atoms with E-state index in [2.05, 4.69) is 4.98 Å². The molecule has 4 rings (SSSR count). The fourth-order valence-corrected chi connectivity index (χ4v) is 3.78. The van der Waals surface area contributed by atoms with E-state index < -0.39 is 41.4 Å². The summed E-state index contributed by atoms with van der Waals surface area (Å²) in [6.07, 6.45) is 1.34. The number of carbonyl (C=O) groups excluding carboxylic acids is 4. The number of urea groups is 1. The number of ketones is 1. The Bertz CT molecular complexity index is 1390. The number of halogens is 2. The van der Waals surface area contributed by atoms with Crippen molar-refractivity contribution >= 4 is 64.6 Å². The minimum absolute atomic E-state index is 0. The molecule has 0 bridgehead atoms. The number of pyridine rings is 1. The molecule has 0 fully saturated rings. The van der Waals surface area contributed by atoms with Gasteiger partial charge in [-0.05, 0) is 42.0 Å². The van der Waals surface area contributed by atoms with Crippen molar-refractivity contribution < 1.29 is 32.8 Å². The summed E-state index contributed by atoms with van der Waals surface area (Å²) in [5.41, 5.74) is 2.48. The number of aromatic nitrogens is 1. The van der Waals surface area contributed by atoms with E-state index >= 15 is 0 Å². The number of hydrogen-bond donors (Lipinski definition) is 1. The van der Waals surface area contributed by atoms with Gasteiger partial charge in [-0.3, -0.25) is 19.5 Å². The zero-order chi connectivity index (χ0) is 26.0. The summed E-state index contributed by atoms with van der Waals surface area (Å²) >= 11 is 0. The molecule has 1 aromatic heterocycles. The zero-order valence-corrected chi connectivity index (χ0v) is 19.2. The van der Waals surface area contributed by atoms with Crippen LogP contribution >= 0.6 is 0 Å². The van der Waals surface area contributed by atoms with Crippen LogP contribution in [0.1, 0.15) is 23.8 Å². The molecule has 9 nitrogen and oxygen atoms in total. The van der Waals surface area contributed by atoms with Crippen molar-refractivity contribution in [3.63, 3.8) is 0 Å². The van der Waals surface area contributed by atoms with Gasteiger partial charge >= 0.3 is 41.6 Å². The summed E-state index contributed by atoms with van der Waals surface area (Å²) in [5.74, 6) is -3.86. The monoisotopic (exact) mass is 518 g/mol. The van der Waals surface area contributed by atoms with E-state index in [1.807, 2.05) is 5.48 Å². The Morgan fingerprint density at radius 1 is 1.11 bits per heavy atom. The van der Waals surface area contributed by atoms with Crippen LogP contribution in [0.4, 0.5) is 25.0 Å². The topological polar surface area (TPSA) is 109 Å². The van der Waals surface area contributed by atoms with Crippen LogP contribution in [0.25, 0.3) is 11.1 Å². The maximum absolute atomic E-state index is 14.5. The molecule has 0 aliphatic carbocycles. The van der Waals surface area contributed by atoms with E-state index in [-0.39, 0.29) is 64.2 Å². The molecule has 3 aromatic rings. The number of benzene rings is 2. The standard InChI is InChI=1S/C25H20F2N4O5.Na.H/c1-3-20(32)36-29-25(35)31(22-23(33)21-19(8-5-11-28-21)30(2)24(22)34)16-7-4-6-14(12-16)17-10-9-15(26)13-18(17)27;;/h4-13,22H,3H2,1-2H3,(H,29,35);;/t22-;;/m0../s1. The van der Waals surface area contributed by atoms with Crippen molar-refractivity contribution in [2.45, 2.75) is 19.4 Å². The molecule has 0 saturated carbocycles. The van der Waals surface area contributed by atoms with Crippen LogP contribution < -0.4 is 15.3 Å². The van der Waals surface area contributed by atoms with Gasteiger partial charge in [0.2, 0.25) is 5.78 Å². The molecule has 1 aliphatic heterocycles. The van der Waals surface area contributed by atoms with Crippen LogP contribution in [0.15, 0.2) is 60.8 Å². The van der Waals surface area contributed by atoms with Gasteiger partial charge in [-0.2, -0.15) is 5.48 Å². The Labute approximate surface area is 232 Å². The van der Waals surface area contributed by atoms with Crippen LogP contribution in [0.5, 0.6) is 0 Å². The fraction of sp³-hybridized carbons (Fsp3) is 0.160. The molecule has 186 valence electrons. The number of nitrogens with one attached hydrogen (secondary N) is 1. The summed E-state index contributed by atoms with van der Waals surface area (Å²) in [5, 5.41) is 0. The Hall–Kier alpha value is -3.67. The number of hydroxylamine groups is 1. The fourth-order valence-electron chi connectivity index (χ4n) is 3.78. The summed E-state index contributed by atoms with van der Waals surface area (Å²) in [6, 6.07) is 9.08. The quantitative estimate of drug-likeness (QED) is 0.323. The minimum atomic E-state index is -1.70. The van der Waals surface area contributed by atoms with Crippen LogP contribution in [0.3, 0.4) is 0 Å². The van der Waals surface area contributed by atoms with Gasteiger partial charge in [0.25, 0.3) is 5.91 Å². The Balaban J connectivity index is 0.00000380. The number of Topliss-reactive ketones (excluding diaryl/α,β-unsaturated/α-hetero) is 1. The van der Waals surface area contributed by atoms with Gasteiger partial charge in [-0.1, -0.05) is 19.1 Å². The molecule has 37 heavy (non-hydrogen) atoms. The molecule has 0 spiro atoms. The van der Waals surface area contributed by atoms with Crippen LogP contribution in [0, 0.1) is 11.6 Å². The van der Waals surface area contributed by atoms with Gasteiger partial charge in [0.1, 0.15) is 17.3 Å². The molecule has 0 unspecified atom stereocenters. The molecule has 12 heteroatoms. The predicted octanol–water partition coefficient (Wildman–Crippen LogP) is 2.99. The first-order valence-corrected chi connectivity index (χ1v) is 10.8. The van der Waals surface area contributed by atoms with E-state index in [0.717, 1.165) is 11.0 Å². The number of amides is 3. The van der Waals surface area contributed by atoms with Crippen molar-refractivity contribution in [3.05, 3.63) is 78.1 Å². The van der Waals surface area contributed by atoms with Gasteiger partial charge in [0.15, 0.2) is 6.04 Å². The third kappa shape index (κ3) is 5.53. The SMILES string of the molecule is CCC(=O)ONC(=O)N(c1cccc(-c2ccc(F)cc2F)c1)[C@H]1C(=O)c2ncccc2N(C)C1=O.[NaH]. The average molecular weight is 518 g/mol. The maximum atomic E-state index is 14.5. The molecule has 0 radical (unpaired) electrons. The van der Waals surface area contributed by atoms with Crippen molar-refractivity contribution in [2.75, 3.05) is 16.8 Å². The van der Waals surface area contributed by atoms with Gasteiger partial charge in [0, 0.05) is 37.0 Å². The number of anilines is 2. The number of nitrogens with zero attached hydrogens (tertiary/aromatic N) is 3. The van der Waals surface area contributed by atoms with E-state index in [9.17, 15) is 28.0 Å². The van der Waals surface area contributed by atoms with Crippen LogP contribution in [-0.4, -0.2) is 71.3 Å². The van der Waals surface area contributed by atoms with Gasteiger partial charge in [0.05, 0.1) is 5.69 Å². The first kappa shape index (κ1) is 27.9. The molecular formula is C25H21F2N4NaO5. The van der Waals surface area contributed by atoms with Gasteiger partial charge < -0.3 is 9.74 Å². The van der Waals surface area contributed by atoms with E-state index in [1.54, 1.807) is 12.1 Å². The molecule has 0 saturated heterocycles. The van der Waals surface area contributed by atoms with E-state index in [4.69, 9.17) is 4.84 Å². The second kappa shape index (κ2) is 11.6. The van der Waals surface area contributed by atoms with Crippen molar-refractivity contribution in [3.8, 4) is 11.1 Å². The van der Waals surface area contributed by atoms with Crippen molar-refractivity contribution in [1.29, 1.82) is 0 Å². The molecule has 1 aliphatic rings. The number of likely N-dealkylation sites (N-methyl/N-ethyl adjacent to an activating group) is 1. The third-order valence-corrected chi connectivity index (χ3v) is 5.58. The molecular weight excluding hydrogens is 497 g/mol. The number of rotatable bonds is 4. The summed E-state index contributed by atoms with van der Waals surface area (Å²) in [6.45, 7) is 1.51. The number of carbonyl (C=O) groups is 4. The van der Waals surface area contributed by atoms with Crippen molar-refractivity contribution in [1.82, 2.24) is 10.5 Å². The van der Waals surface area contributed by atoms with Crippen molar-refractivity contribution in [2.24, 2.45) is 0 Å². The van der Waals surface area contributed by atoms with Gasteiger partial charge in [-0.25, -0.2) is 18.4 Å². The molecule has 2 aromatic carbocycles. The summed E-state index contributed by atoms with van der Waals surface area (Å²) in [7, 11) is 1.43. The van der Waals surface area contributed by atoms with Gasteiger partial charge in [-0.15, -0.1) is 0 Å². The first-order chi connectivity index (χ1) is 17.2. The molecule has 1 N–H and O–H groups in total. The van der Waals surface area contributed by atoms with Crippen LogP contribution in [-0.2, 0) is 14.4 Å². The third-order valence-electron chi connectivity index (χ3n) is 5.58. The zero-order valence-electron chi connectivity index (χ0n) is 19.2. The number of hydrogen-bond acceptors (Lipinski definition) is 6. The second-order valence-corrected chi connectivity index (χ2v) is 7.81. The molecule has 3 amide bonds. The Morgan fingerprint density at radius 2 is 1.86 bits per heavy atom. The normalized spacial score (nSPS) is 14.4. The Kier molecular flexibility index (Phi) is 8.74. The predicted molar refractivity (Wildman–Crippen MR) is 132 cm³/mol. The van der Waals surface area contributed by atoms with E-state index in [0.29, 0.717) is 6.07 Å². The van der Waals surface area contributed by atoms with E-state index in [1.165, 1.54) is 55.4 Å². The first-order valence-electron chi connectivity index (χ1n) is 10.8. The second-order valence-electron chi connectivity index (χ2n) is 7.81.